The van der Waals surface area contributed by atoms with Gasteiger partial charge in [0.1, 0.15) is 5.75 Å². The maximum atomic E-state index is 13.7. The number of aryl methyl sites for hydroxylation is 2. The van der Waals surface area contributed by atoms with Crippen LogP contribution < -0.4 is 10.1 Å². The Kier molecular flexibility index (Phi) is 4.38. The molecule has 1 amide bonds. The Bertz CT molecular complexity index is 987. The van der Waals surface area contributed by atoms with Crippen molar-refractivity contribution in [1.82, 2.24) is 9.97 Å². The number of thiazole rings is 1. The predicted octanol–water partition coefficient (Wildman–Crippen LogP) is 4.09. The van der Waals surface area contributed by atoms with Gasteiger partial charge in [-0.1, -0.05) is 17.4 Å². The summed E-state index contributed by atoms with van der Waals surface area (Å²) in [6, 6.07) is 7.39. The molecule has 0 aliphatic heterocycles. The highest BCUT2D eigenvalue weighted by atomic mass is 32.1. The lowest BCUT2D eigenvalue weighted by Crippen LogP contribution is -2.13. The summed E-state index contributed by atoms with van der Waals surface area (Å²) in [7, 11) is 1.64. The van der Waals surface area contributed by atoms with E-state index in [0.29, 0.717) is 5.13 Å². The van der Waals surface area contributed by atoms with Crippen molar-refractivity contribution < 1.29 is 13.9 Å². The fourth-order valence-electron chi connectivity index (χ4n) is 3.07. The minimum Gasteiger partial charge on any atom is -0.497 e. The van der Waals surface area contributed by atoms with E-state index in [1.165, 1.54) is 29.2 Å². The molecule has 2 aromatic heterocycles. The van der Waals surface area contributed by atoms with E-state index in [-0.39, 0.29) is 5.56 Å². The Morgan fingerprint density at radius 1 is 1.31 bits per heavy atom. The van der Waals surface area contributed by atoms with E-state index < -0.39 is 11.7 Å². The summed E-state index contributed by atoms with van der Waals surface area (Å²) in [5, 5.41) is 3.17. The van der Waals surface area contributed by atoms with Gasteiger partial charge in [-0.15, -0.1) is 0 Å². The highest BCUT2D eigenvalue weighted by Gasteiger charge is 2.21. The molecule has 26 heavy (non-hydrogen) atoms. The van der Waals surface area contributed by atoms with Gasteiger partial charge in [-0.25, -0.2) is 9.37 Å². The van der Waals surface area contributed by atoms with Gasteiger partial charge in [0.05, 0.1) is 29.4 Å². The molecule has 132 valence electrons. The number of fused-ring (bicyclic) bond motifs is 3. The van der Waals surface area contributed by atoms with E-state index in [1.807, 2.05) is 12.1 Å². The second-order valence-electron chi connectivity index (χ2n) is 5.98. The fourth-order valence-corrected chi connectivity index (χ4v) is 4.13. The predicted molar refractivity (Wildman–Crippen MR) is 98.3 cm³/mol. The first kappa shape index (κ1) is 16.7. The van der Waals surface area contributed by atoms with Crippen LogP contribution in [0.15, 0.2) is 36.7 Å². The van der Waals surface area contributed by atoms with E-state index >= 15 is 0 Å². The first-order valence-electron chi connectivity index (χ1n) is 8.23. The van der Waals surface area contributed by atoms with E-state index in [4.69, 9.17) is 4.74 Å². The number of amides is 1. The summed E-state index contributed by atoms with van der Waals surface area (Å²) >= 11 is 1.40. The number of anilines is 1. The molecule has 0 bridgehead atoms. The molecule has 1 aliphatic rings. The molecule has 0 saturated carbocycles. The quantitative estimate of drug-likeness (QED) is 0.755. The van der Waals surface area contributed by atoms with Crippen molar-refractivity contribution >= 4 is 22.4 Å². The Labute approximate surface area is 153 Å². The van der Waals surface area contributed by atoms with E-state index in [0.717, 1.165) is 47.3 Å². The minimum atomic E-state index is -0.654. The smallest absolute Gasteiger partial charge is 0.260 e. The summed E-state index contributed by atoms with van der Waals surface area (Å²) in [5.74, 6) is -0.396. The van der Waals surface area contributed by atoms with Crippen molar-refractivity contribution in [3.63, 3.8) is 0 Å². The number of methoxy groups -OCH3 is 1. The van der Waals surface area contributed by atoms with Crippen molar-refractivity contribution in [3.05, 3.63) is 59.3 Å². The topological polar surface area (TPSA) is 64.1 Å². The molecule has 3 aromatic rings. The standard InChI is InChI=1S/C19H16FN3O2S/c1-25-12-6-5-11-3-2-4-16-17(14(11)9-12)26-19(22-16)23-18(24)13-7-8-21-10-15(13)20/h5-10H,2-4H2,1H3,(H,22,23,24). The number of halogens is 1. The van der Waals surface area contributed by atoms with Gasteiger partial charge in [0.25, 0.3) is 5.91 Å². The number of hydrogen-bond donors (Lipinski definition) is 1. The number of hydrogen-bond acceptors (Lipinski definition) is 5. The zero-order chi connectivity index (χ0) is 18.1. The molecule has 0 unspecified atom stereocenters. The number of carbonyl (C=O) groups is 1. The largest absolute Gasteiger partial charge is 0.497 e. The maximum absolute atomic E-state index is 13.7. The van der Waals surface area contributed by atoms with Gasteiger partial charge in [-0.2, -0.15) is 0 Å². The number of rotatable bonds is 3. The van der Waals surface area contributed by atoms with Gasteiger partial charge in [0.15, 0.2) is 10.9 Å². The monoisotopic (exact) mass is 369 g/mol. The number of pyridine rings is 1. The van der Waals surface area contributed by atoms with Crippen LogP contribution in [0.1, 0.15) is 28.0 Å². The van der Waals surface area contributed by atoms with E-state index in [2.05, 4.69) is 21.4 Å². The average Bonchev–Trinajstić information content (AvgIpc) is 2.96. The first-order valence-corrected chi connectivity index (χ1v) is 9.05. The van der Waals surface area contributed by atoms with Gasteiger partial charge in [0.2, 0.25) is 0 Å². The third kappa shape index (κ3) is 3.06. The molecule has 1 N–H and O–H groups in total. The zero-order valence-corrected chi connectivity index (χ0v) is 14.9. The van der Waals surface area contributed by atoms with E-state index in [1.54, 1.807) is 7.11 Å². The molecule has 0 radical (unpaired) electrons. The maximum Gasteiger partial charge on any atom is 0.260 e. The van der Waals surface area contributed by atoms with Crippen LogP contribution in [-0.4, -0.2) is 23.0 Å². The van der Waals surface area contributed by atoms with Crippen molar-refractivity contribution in [2.24, 2.45) is 0 Å². The van der Waals surface area contributed by atoms with Crippen molar-refractivity contribution in [3.8, 4) is 16.2 Å². The molecule has 5 nitrogen and oxygen atoms in total. The molecule has 0 atom stereocenters. The summed E-state index contributed by atoms with van der Waals surface area (Å²) < 4.78 is 19.1. The molecule has 0 spiro atoms. The molecule has 4 rings (SSSR count). The van der Waals surface area contributed by atoms with E-state index in [9.17, 15) is 9.18 Å². The zero-order valence-electron chi connectivity index (χ0n) is 14.1. The van der Waals surface area contributed by atoms with Crippen LogP contribution in [0.4, 0.5) is 9.52 Å². The Morgan fingerprint density at radius 2 is 2.19 bits per heavy atom. The molecule has 1 aromatic carbocycles. The second kappa shape index (κ2) is 6.84. The highest BCUT2D eigenvalue weighted by molar-refractivity contribution is 7.19. The summed E-state index contributed by atoms with van der Waals surface area (Å²) in [6.07, 6.45) is 5.21. The van der Waals surface area contributed by atoms with Gasteiger partial charge < -0.3 is 4.74 Å². The van der Waals surface area contributed by atoms with Crippen molar-refractivity contribution in [1.29, 1.82) is 0 Å². The molecule has 0 fully saturated rings. The number of carbonyl (C=O) groups excluding carboxylic acids is 1. The van der Waals surface area contributed by atoms with Gasteiger partial charge in [-0.3, -0.25) is 15.1 Å². The number of benzene rings is 1. The number of aromatic nitrogens is 2. The van der Waals surface area contributed by atoms with Crippen LogP contribution in [0, 0.1) is 5.82 Å². The van der Waals surface area contributed by atoms with Gasteiger partial charge in [-0.05, 0) is 43.0 Å². The normalized spacial score (nSPS) is 12.7. The number of nitrogens with zero attached hydrogens (tertiary/aromatic N) is 2. The van der Waals surface area contributed by atoms with Crippen LogP contribution in [0.2, 0.25) is 0 Å². The van der Waals surface area contributed by atoms with Gasteiger partial charge >= 0.3 is 0 Å². The van der Waals surface area contributed by atoms with Crippen LogP contribution in [0.25, 0.3) is 10.4 Å². The van der Waals surface area contributed by atoms with Crippen LogP contribution in [0.3, 0.4) is 0 Å². The van der Waals surface area contributed by atoms with Crippen LogP contribution in [-0.2, 0) is 12.8 Å². The first-order chi connectivity index (χ1) is 12.7. The lowest BCUT2D eigenvalue weighted by atomic mass is 10.0. The van der Waals surface area contributed by atoms with Gasteiger partial charge in [0, 0.05) is 11.8 Å². The van der Waals surface area contributed by atoms with Crippen molar-refractivity contribution in [2.75, 3.05) is 12.4 Å². The molecule has 1 aliphatic carbocycles. The third-order valence-corrected chi connectivity index (χ3v) is 5.40. The van der Waals surface area contributed by atoms with Crippen LogP contribution >= 0.6 is 11.3 Å². The molecular formula is C19H16FN3O2S. The molecule has 2 heterocycles. The Hall–Kier alpha value is -2.80. The average molecular weight is 369 g/mol. The fraction of sp³-hybridized carbons (Fsp3) is 0.211. The molecule has 7 heteroatoms. The lowest BCUT2D eigenvalue weighted by molar-refractivity contribution is 0.102. The highest BCUT2D eigenvalue weighted by Crippen LogP contribution is 2.40. The van der Waals surface area contributed by atoms with Crippen LogP contribution in [0.5, 0.6) is 5.75 Å². The second-order valence-corrected chi connectivity index (χ2v) is 6.98. The summed E-state index contributed by atoms with van der Waals surface area (Å²) in [4.78, 5) is 21.6. The Morgan fingerprint density at radius 3 is 3.00 bits per heavy atom. The molecule has 0 saturated heterocycles. The molecular weight excluding hydrogens is 353 g/mol. The summed E-state index contributed by atoms with van der Waals surface area (Å²) in [6.45, 7) is 0. The van der Waals surface area contributed by atoms with Crippen molar-refractivity contribution in [2.45, 2.75) is 19.3 Å². The Balaban J connectivity index is 1.68. The lowest BCUT2D eigenvalue weighted by Gasteiger charge is -2.08. The minimum absolute atomic E-state index is 0.0486. The summed E-state index contributed by atoms with van der Waals surface area (Å²) in [5.41, 5.74) is 3.23. The SMILES string of the molecule is COc1ccc2c(c1)-c1sc(NC(=O)c3ccncc3F)nc1CCC2. The number of nitrogens with one attached hydrogen (secondary N) is 1. The third-order valence-electron chi connectivity index (χ3n) is 4.36. The number of ether oxygens (including phenoxy) is 1.